The van der Waals surface area contributed by atoms with Gasteiger partial charge in [-0.1, -0.05) is 74.9 Å². The van der Waals surface area contributed by atoms with E-state index in [1.165, 1.54) is 32.1 Å². The Morgan fingerprint density at radius 3 is 2.60 bits per heavy atom. The molecule has 2 saturated carbocycles. The minimum Gasteiger partial charge on any atom is -0.408 e. The van der Waals surface area contributed by atoms with E-state index in [0.717, 1.165) is 24.9 Å². The molecule has 30 heavy (non-hydrogen) atoms. The van der Waals surface area contributed by atoms with Gasteiger partial charge in [0.2, 0.25) is 0 Å². The van der Waals surface area contributed by atoms with Gasteiger partial charge in [-0.15, -0.1) is 0 Å². The van der Waals surface area contributed by atoms with E-state index in [0.29, 0.717) is 11.3 Å². The predicted octanol–water partition coefficient (Wildman–Crippen LogP) is 8.28. The quantitative estimate of drug-likeness (QED) is 0.190. The number of allylic oxidation sites excluding steroid dienone is 1. The van der Waals surface area contributed by atoms with Crippen LogP contribution in [0.1, 0.15) is 80.1 Å². The highest BCUT2D eigenvalue weighted by Crippen LogP contribution is 2.59. The van der Waals surface area contributed by atoms with Gasteiger partial charge in [-0.25, -0.2) is 0 Å². The minimum absolute atomic E-state index is 0.176. The summed E-state index contributed by atoms with van der Waals surface area (Å²) in [6.07, 6.45) is 12.5. The van der Waals surface area contributed by atoms with Crippen molar-refractivity contribution in [3.63, 3.8) is 0 Å². The first-order chi connectivity index (χ1) is 13.8. The van der Waals surface area contributed by atoms with Crippen molar-refractivity contribution in [1.29, 1.82) is 0 Å². The monoisotopic (exact) mass is 544 g/mol. The van der Waals surface area contributed by atoms with Gasteiger partial charge in [0.25, 0.3) is 0 Å². The molecule has 0 spiro atoms. The molecule has 0 heterocycles. The van der Waals surface area contributed by atoms with E-state index in [4.69, 9.17) is 9.16 Å². The zero-order valence-corrected chi connectivity index (χ0v) is 23.8. The largest absolute Gasteiger partial charge is 0.408 e. The molecule has 0 radical (unpaired) electrons. The molecule has 0 bridgehead atoms. The molecule has 3 rings (SSSR count). The van der Waals surface area contributed by atoms with E-state index in [1.54, 1.807) is 5.57 Å². The van der Waals surface area contributed by atoms with Crippen LogP contribution in [0.15, 0.2) is 21.8 Å². The molecule has 2 fully saturated rings. The first kappa shape index (κ1) is 25.0. The van der Waals surface area contributed by atoms with Crippen molar-refractivity contribution in [3.05, 3.63) is 21.8 Å². The number of fused-ring (bicyclic) bond motifs is 1. The molecule has 0 aromatic heterocycles. The second-order valence-corrected chi connectivity index (χ2v) is 17.7. The molecule has 0 aromatic carbocycles. The Balaban J connectivity index is 1.55. The Bertz CT molecular complexity index is 679. The second kappa shape index (κ2) is 8.94. The second-order valence-electron chi connectivity index (χ2n) is 12.4. The van der Waals surface area contributed by atoms with Crippen molar-refractivity contribution in [1.82, 2.24) is 0 Å². The molecule has 0 aliphatic heterocycles. The molecule has 3 aliphatic rings. The molecule has 6 atom stereocenters. The van der Waals surface area contributed by atoms with E-state index in [-0.39, 0.29) is 16.7 Å². The van der Waals surface area contributed by atoms with E-state index in [2.05, 4.69) is 93.5 Å². The van der Waals surface area contributed by atoms with E-state index in [1.807, 2.05) is 0 Å². The summed E-state index contributed by atoms with van der Waals surface area (Å²) in [5, 5.41) is 0.233. The molecular weight excluding hydrogens is 499 g/mol. The molecule has 4 heteroatoms. The highest BCUT2D eigenvalue weighted by molar-refractivity contribution is 14.1. The zero-order valence-electron chi connectivity index (χ0n) is 20.7. The van der Waals surface area contributed by atoms with Gasteiger partial charge in [-0.2, -0.15) is 0 Å². The third-order valence-corrected chi connectivity index (χ3v) is 14.4. The zero-order chi connectivity index (χ0) is 22.4. The van der Waals surface area contributed by atoms with Crippen molar-refractivity contribution < 1.29 is 9.16 Å². The van der Waals surface area contributed by atoms with Crippen LogP contribution < -0.4 is 0 Å². The van der Waals surface area contributed by atoms with Gasteiger partial charge in [-0.05, 0) is 84.4 Å². The van der Waals surface area contributed by atoms with Crippen molar-refractivity contribution in [2.75, 3.05) is 6.61 Å². The Kier molecular flexibility index (Phi) is 7.45. The number of ether oxygens (including phenoxy) is 1. The number of hydrogen-bond acceptors (Lipinski definition) is 2. The van der Waals surface area contributed by atoms with Crippen molar-refractivity contribution in [2.24, 2.45) is 23.2 Å². The molecule has 0 N–H and O–H groups in total. The van der Waals surface area contributed by atoms with Crippen LogP contribution in [0.3, 0.4) is 0 Å². The number of hydrogen-bond donors (Lipinski definition) is 0. The molecule has 0 saturated heterocycles. The van der Waals surface area contributed by atoms with Crippen LogP contribution in [0.5, 0.6) is 0 Å². The molecular formula is C26H45IO2Si. The molecule has 2 nitrogen and oxygen atoms in total. The van der Waals surface area contributed by atoms with Crippen LogP contribution in [-0.2, 0) is 9.16 Å². The fraction of sp³-hybridized carbons (Fsp3) is 0.846. The summed E-state index contributed by atoms with van der Waals surface area (Å²) in [5.41, 5.74) is 2.02. The van der Waals surface area contributed by atoms with Crippen molar-refractivity contribution in [2.45, 2.75) is 110 Å². The average molecular weight is 545 g/mol. The van der Waals surface area contributed by atoms with Gasteiger partial charge in [-0.3, -0.25) is 0 Å². The smallest absolute Gasteiger partial charge is 0.193 e. The topological polar surface area (TPSA) is 18.5 Å². The maximum atomic E-state index is 6.76. The highest BCUT2D eigenvalue weighted by Gasteiger charge is 2.51. The summed E-state index contributed by atoms with van der Waals surface area (Å²) in [6.45, 7) is 19.8. The van der Waals surface area contributed by atoms with Gasteiger partial charge >= 0.3 is 0 Å². The van der Waals surface area contributed by atoms with Crippen LogP contribution in [-0.4, -0.2) is 26.6 Å². The molecule has 172 valence electrons. The van der Waals surface area contributed by atoms with E-state index in [9.17, 15) is 0 Å². The number of rotatable bonds is 6. The lowest BCUT2D eigenvalue weighted by Gasteiger charge is -2.44. The van der Waals surface area contributed by atoms with Crippen LogP contribution in [0, 0.1) is 23.2 Å². The van der Waals surface area contributed by atoms with Crippen molar-refractivity contribution in [3.8, 4) is 0 Å². The van der Waals surface area contributed by atoms with Crippen LogP contribution in [0.4, 0.5) is 0 Å². The molecule has 1 unspecified atom stereocenters. The average Bonchev–Trinajstić information content (AvgIpc) is 3.17. The minimum atomic E-state index is -1.79. The maximum Gasteiger partial charge on any atom is 0.193 e. The Hall–Kier alpha value is 0.347. The summed E-state index contributed by atoms with van der Waals surface area (Å²) < 4.78 is 15.6. The van der Waals surface area contributed by atoms with Gasteiger partial charge in [0.05, 0.1) is 18.3 Å². The molecule has 0 aromatic rings. The lowest BCUT2D eigenvalue weighted by molar-refractivity contribution is -0.00554. The lowest BCUT2D eigenvalue weighted by atomic mass is 9.61. The summed E-state index contributed by atoms with van der Waals surface area (Å²) in [5.74, 6) is 2.22. The first-order valence-electron chi connectivity index (χ1n) is 12.1. The highest BCUT2D eigenvalue weighted by atomic mass is 127. The summed E-state index contributed by atoms with van der Waals surface area (Å²) in [4.78, 5) is 0. The standard InChI is InChI=1S/C26H45IO2Si/c1-19(22-11-12-23-20(17-27)10-9-14-26(22,23)6)18-28-21-13-15-25(5,16-21)29-30(7,8)24(2,3)4/h13,15,17,19,21-23H,9-12,14,16,18H2,1-8H3/t19-,21-,22+,23?,25+,26+/m0/s1. The first-order valence-corrected chi connectivity index (χ1v) is 16.3. The Labute approximate surface area is 200 Å². The van der Waals surface area contributed by atoms with E-state index < -0.39 is 8.32 Å². The van der Waals surface area contributed by atoms with Gasteiger partial charge in [0.1, 0.15) is 0 Å². The Morgan fingerprint density at radius 2 is 1.97 bits per heavy atom. The molecule has 3 aliphatic carbocycles. The third-order valence-electron chi connectivity index (χ3n) is 9.00. The lowest BCUT2D eigenvalue weighted by Crippen LogP contribution is -2.47. The van der Waals surface area contributed by atoms with Gasteiger partial charge in [0, 0.05) is 6.42 Å². The van der Waals surface area contributed by atoms with E-state index >= 15 is 0 Å². The summed E-state index contributed by atoms with van der Waals surface area (Å²) >= 11 is 2.47. The van der Waals surface area contributed by atoms with Gasteiger partial charge in [0.15, 0.2) is 8.32 Å². The SMILES string of the molecule is C[C@@H](CO[C@H]1C=C[C@@](C)(O[Si](C)(C)C(C)(C)C)C1)[C@H]1CCC2C(=CI)CCC[C@@]21C. The maximum absolute atomic E-state index is 6.76. The molecule has 0 amide bonds. The fourth-order valence-electron chi connectivity index (χ4n) is 6.31. The number of halogens is 1. The fourth-order valence-corrected chi connectivity index (χ4v) is 8.68. The normalized spacial score (nSPS) is 39.5. The third kappa shape index (κ3) is 4.96. The predicted molar refractivity (Wildman–Crippen MR) is 140 cm³/mol. The Morgan fingerprint density at radius 1 is 1.27 bits per heavy atom. The van der Waals surface area contributed by atoms with Gasteiger partial charge < -0.3 is 9.16 Å². The van der Waals surface area contributed by atoms with Crippen LogP contribution >= 0.6 is 22.6 Å². The van der Waals surface area contributed by atoms with Crippen LogP contribution in [0.25, 0.3) is 0 Å². The summed E-state index contributed by atoms with van der Waals surface area (Å²) in [7, 11) is -1.79. The summed E-state index contributed by atoms with van der Waals surface area (Å²) in [6, 6.07) is 0. The van der Waals surface area contributed by atoms with Crippen LogP contribution in [0.2, 0.25) is 18.1 Å². The van der Waals surface area contributed by atoms with Crippen molar-refractivity contribution >= 4 is 30.9 Å².